The zero-order valence-electron chi connectivity index (χ0n) is 17.1. The molecule has 8 nitrogen and oxygen atoms in total. The molecule has 0 radical (unpaired) electrons. The number of hydrogen-bond acceptors (Lipinski definition) is 7. The highest BCUT2D eigenvalue weighted by molar-refractivity contribution is 7.71. The average molecular weight is 502 g/mol. The number of piperazine rings is 1. The number of carbonyl (C=O) groups excluding carboxylic acids is 1. The van der Waals surface area contributed by atoms with Gasteiger partial charge in [0.05, 0.1) is 30.1 Å². The van der Waals surface area contributed by atoms with E-state index >= 15 is 0 Å². The first kappa shape index (κ1) is 23.5. The summed E-state index contributed by atoms with van der Waals surface area (Å²) < 4.78 is 51.3. The molecule has 0 aliphatic carbocycles. The van der Waals surface area contributed by atoms with E-state index in [9.17, 15) is 18.0 Å². The topological polar surface area (TPSA) is 79.7 Å². The van der Waals surface area contributed by atoms with Crippen LogP contribution in [0.3, 0.4) is 0 Å². The molecule has 4 rings (SSSR count). The van der Waals surface area contributed by atoms with Crippen molar-refractivity contribution in [2.24, 2.45) is 0 Å². The van der Waals surface area contributed by atoms with Gasteiger partial charge in [-0.25, -0.2) is 4.68 Å². The summed E-state index contributed by atoms with van der Waals surface area (Å²) in [6.45, 7) is 2.97. The van der Waals surface area contributed by atoms with E-state index in [0.717, 1.165) is 12.1 Å². The molecule has 0 atom stereocenters. The molecule has 1 aromatic carbocycles. The van der Waals surface area contributed by atoms with Gasteiger partial charge in [0.2, 0.25) is 5.91 Å². The number of rotatable bonds is 6. The quantitative estimate of drug-likeness (QED) is 0.503. The summed E-state index contributed by atoms with van der Waals surface area (Å²) >= 11 is 10.8. The van der Waals surface area contributed by atoms with Crippen LogP contribution in [0.2, 0.25) is 5.02 Å². The van der Waals surface area contributed by atoms with Crippen LogP contribution in [0, 0.1) is 4.84 Å². The van der Waals surface area contributed by atoms with Gasteiger partial charge in [-0.3, -0.25) is 14.6 Å². The first-order valence-corrected chi connectivity index (χ1v) is 10.7. The van der Waals surface area contributed by atoms with Gasteiger partial charge in [-0.05, 0) is 42.5 Å². The van der Waals surface area contributed by atoms with Gasteiger partial charge in [-0.1, -0.05) is 11.6 Å². The maximum Gasteiger partial charge on any atom is 0.417 e. The maximum atomic E-state index is 13.0. The van der Waals surface area contributed by atoms with Crippen LogP contribution in [0.4, 0.5) is 18.9 Å². The van der Waals surface area contributed by atoms with Crippen LogP contribution < -0.4 is 5.32 Å². The van der Waals surface area contributed by atoms with E-state index in [2.05, 4.69) is 15.3 Å². The molecular weight excluding hydrogens is 483 g/mol. The lowest BCUT2D eigenvalue weighted by Crippen LogP contribution is -2.48. The molecule has 1 saturated heterocycles. The highest BCUT2D eigenvalue weighted by Crippen LogP contribution is 2.36. The number of hydrogen-bond donors (Lipinski definition) is 1. The Bertz CT molecular complexity index is 1170. The molecule has 13 heteroatoms. The zero-order chi connectivity index (χ0) is 23.6. The third kappa shape index (κ3) is 5.82. The van der Waals surface area contributed by atoms with Crippen molar-refractivity contribution in [3.63, 3.8) is 0 Å². The Balaban J connectivity index is 1.28. The smallest absolute Gasteiger partial charge is 0.417 e. The number of alkyl halides is 3. The molecule has 176 valence electrons. The van der Waals surface area contributed by atoms with Crippen molar-refractivity contribution in [3.8, 4) is 11.7 Å². The van der Waals surface area contributed by atoms with E-state index in [0.29, 0.717) is 44.5 Å². The van der Waals surface area contributed by atoms with E-state index in [-0.39, 0.29) is 17.1 Å². The summed E-state index contributed by atoms with van der Waals surface area (Å²) in [6, 6.07) is 6.74. The van der Waals surface area contributed by atoms with Crippen molar-refractivity contribution >= 4 is 35.4 Å². The van der Waals surface area contributed by atoms with Crippen molar-refractivity contribution in [1.29, 1.82) is 0 Å². The SMILES string of the molecule is O=C(CN1CCN(Cn2nc(-c3ccco3)oc2=S)CC1)Nc1ccc(Cl)c(C(F)(F)F)c1. The van der Waals surface area contributed by atoms with Gasteiger partial charge in [0.15, 0.2) is 5.76 Å². The van der Waals surface area contributed by atoms with Crippen molar-refractivity contribution in [2.75, 3.05) is 38.0 Å². The van der Waals surface area contributed by atoms with Gasteiger partial charge in [0, 0.05) is 31.9 Å². The van der Waals surface area contributed by atoms with Crippen LogP contribution in [0.25, 0.3) is 11.7 Å². The van der Waals surface area contributed by atoms with Crippen LogP contribution in [0.15, 0.2) is 45.4 Å². The van der Waals surface area contributed by atoms with E-state index in [1.807, 2.05) is 4.90 Å². The monoisotopic (exact) mass is 501 g/mol. The zero-order valence-corrected chi connectivity index (χ0v) is 18.7. The van der Waals surface area contributed by atoms with Crippen LogP contribution in [-0.4, -0.2) is 58.2 Å². The van der Waals surface area contributed by atoms with E-state index in [1.54, 1.807) is 16.8 Å². The van der Waals surface area contributed by atoms with Gasteiger partial charge in [0.1, 0.15) is 0 Å². The van der Waals surface area contributed by atoms with Gasteiger partial charge >= 0.3 is 6.18 Å². The number of nitrogens with one attached hydrogen (secondary N) is 1. The molecule has 1 aliphatic heterocycles. The molecule has 0 bridgehead atoms. The Hall–Kier alpha value is -2.67. The lowest BCUT2D eigenvalue weighted by atomic mass is 10.2. The molecule has 1 amide bonds. The van der Waals surface area contributed by atoms with Crippen molar-refractivity contribution < 1.29 is 26.8 Å². The van der Waals surface area contributed by atoms with Gasteiger partial charge in [-0.2, -0.15) is 13.2 Å². The second-order valence-electron chi connectivity index (χ2n) is 7.43. The number of anilines is 1. The van der Waals surface area contributed by atoms with Crippen molar-refractivity contribution in [3.05, 3.63) is 52.0 Å². The van der Waals surface area contributed by atoms with Crippen LogP contribution in [0.1, 0.15) is 5.56 Å². The Morgan fingerprint density at radius 3 is 2.58 bits per heavy atom. The van der Waals surface area contributed by atoms with Gasteiger partial charge in [0.25, 0.3) is 10.7 Å². The van der Waals surface area contributed by atoms with Gasteiger partial charge < -0.3 is 14.2 Å². The standard InChI is InChI=1S/C20H19ClF3N5O3S/c21-15-4-3-13(10-14(15)20(22,23)24)25-17(30)11-27-5-7-28(8-6-27)12-29-19(33)32-18(26-29)16-2-1-9-31-16/h1-4,9-10H,5-8,11-12H2,(H,25,30). The molecule has 3 heterocycles. The molecule has 1 fully saturated rings. The number of benzene rings is 1. The predicted octanol–water partition coefficient (Wildman–Crippen LogP) is 4.35. The Labute approximate surface area is 196 Å². The minimum absolute atomic E-state index is 0.0446. The third-order valence-electron chi connectivity index (χ3n) is 5.06. The normalized spacial score (nSPS) is 15.6. The Kier molecular flexibility index (Phi) is 6.88. The third-order valence-corrected chi connectivity index (χ3v) is 5.68. The van der Waals surface area contributed by atoms with Crippen LogP contribution >= 0.6 is 23.8 Å². The molecule has 0 saturated carbocycles. The van der Waals surface area contributed by atoms with E-state index < -0.39 is 22.7 Å². The van der Waals surface area contributed by atoms with Gasteiger partial charge in [-0.15, -0.1) is 5.10 Å². The predicted molar refractivity (Wildman–Crippen MR) is 116 cm³/mol. The van der Waals surface area contributed by atoms with Crippen molar-refractivity contribution in [2.45, 2.75) is 12.8 Å². The fourth-order valence-corrected chi connectivity index (χ4v) is 3.80. The van der Waals surface area contributed by atoms with E-state index in [4.69, 9.17) is 32.7 Å². The first-order chi connectivity index (χ1) is 15.7. The molecule has 1 N–H and O–H groups in total. The average Bonchev–Trinajstić information content (AvgIpc) is 3.40. The summed E-state index contributed by atoms with van der Waals surface area (Å²) in [7, 11) is 0. The van der Waals surface area contributed by atoms with Crippen molar-refractivity contribution in [1.82, 2.24) is 19.6 Å². The lowest BCUT2D eigenvalue weighted by molar-refractivity contribution is -0.137. The molecule has 0 spiro atoms. The second-order valence-corrected chi connectivity index (χ2v) is 8.18. The molecular formula is C20H19ClF3N5O3S. The second kappa shape index (κ2) is 9.67. The minimum Gasteiger partial charge on any atom is -0.459 e. The highest BCUT2D eigenvalue weighted by Gasteiger charge is 2.33. The molecule has 1 aliphatic rings. The maximum absolute atomic E-state index is 13.0. The summed E-state index contributed by atoms with van der Waals surface area (Å²) in [4.78, 5) is 16.6. The molecule has 3 aromatic rings. The molecule has 2 aromatic heterocycles. The molecule has 0 unspecified atom stereocenters. The number of carbonyl (C=O) groups is 1. The number of aromatic nitrogens is 2. The van der Waals surface area contributed by atoms with Crippen LogP contribution in [0.5, 0.6) is 0 Å². The number of halogens is 4. The summed E-state index contributed by atoms with van der Waals surface area (Å²) in [6.07, 6.45) is -3.08. The largest absolute Gasteiger partial charge is 0.459 e. The number of nitrogens with zero attached hydrogens (tertiary/aromatic N) is 4. The fourth-order valence-electron chi connectivity index (χ4n) is 3.40. The highest BCUT2D eigenvalue weighted by atomic mass is 35.5. The number of furan rings is 1. The fraction of sp³-hybridized carbons (Fsp3) is 0.350. The lowest BCUT2D eigenvalue weighted by Gasteiger charge is -2.33. The Morgan fingerprint density at radius 2 is 1.91 bits per heavy atom. The summed E-state index contributed by atoms with van der Waals surface area (Å²) in [5.41, 5.74) is -0.944. The number of amides is 1. The first-order valence-electron chi connectivity index (χ1n) is 9.92. The van der Waals surface area contributed by atoms with Crippen LogP contribution in [-0.2, 0) is 17.6 Å². The molecule has 33 heavy (non-hydrogen) atoms. The summed E-state index contributed by atoms with van der Waals surface area (Å²) in [5.74, 6) is 0.385. The summed E-state index contributed by atoms with van der Waals surface area (Å²) in [5, 5.41) is 6.42. The Morgan fingerprint density at radius 1 is 1.18 bits per heavy atom. The van der Waals surface area contributed by atoms with E-state index in [1.165, 1.54) is 12.3 Å². The minimum atomic E-state index is -4.60.